The van der Waals surface area contributed by atoms with E-state index < -0.39 is 0 Å². The summed E-state index contributed by atoms with van der Waals surface area (Å²) in [6.45, 7) is 4.61. The van der Waals surface area contributed by atoms with Gasteiger partial charge in [-0.3, -0.25) is 0 Å². The molecule has 1 rings (SSSR count). The van der Waals surface area contributed by atoms with E-state index in [2.05, 4.69) is 0 Å². The van der Waals surface area contributed by atoms with Crippen LogP contribution in [-0.4, -0.2) is 12.6 Å². The second kappa shape index (κ2) is 4.97. The highest BCUT2D eigenvalue weighted by Gasteiger charge is 2.14. The molecule has 0 aliphatic rings. The minimum absolute atomic E-state index is 0.229. The number of methoxy groups -OCH3 is 1. The summed E-state index contributed by atoms with van der Waals surface area (Å²) in [6.07, 6.45) is 0.798. The normalized spacial score (nSPS) is 11.8. The largest absolute Gasteiger partial charge is 0.380 e. The van der Waals surface area contributed by atoms with E-state index in [1.165, 1.54) is 0 Å². The molecule has 0 fully saturated rings. The third-order valence-corrected chi connectivity index (χ3v) is 2.35. The summed E-state index contributed by atoms with van der Waals surface area (Å²) in [5.41, 5.74) is 8.09. The van der Waals surface area contributed by atoms with Gasteiger partial charge in [0.15, 0.2) is 0 Å². The van der Waals surface area contributed by atoms with Crippen molar-refractivity contribution in [2.24, 2.45) is 5.73 Å². The summed E-state index contributed by atoms with van der Waals surface area (Å²) < 4.78 is 5.14. The van der Waals surface area contributed by atoms with E-state index in [1.807, 2.05) is 32.0 Å². The van der Waals surface area contributed by atoms with Crippen molar-refractivity contribution >= 4 is 11.6 Å². The molecule has 15 heavy (non-hydrogen) atoms. The quantitative estimate of drug-likeness (QED) is 0.859. The molecule has 0 bridgehead atoms. The molecule has 0 radical (unpaired) electrons. The molecule has 0 atom stereocenters. The van der Waals surface area contributed by atoms with Gasteiger partial charge in [0.2, 0.25) is 0 Å². The van der Waals surface area contributed by atoms with Crippen LogP contribution in [0.4, 0.5) is 0 Å². The smallest absolute Gasteiger partial charge is 0.0715 e. The van der Waals surface area contributed by atoms with Gasteiger partial charge in [0.05, 0.1) is 6.61 Å². The SMILES string of the molecule is COCc1ccc(Cl)cc1CC(C)(C)N. The Balaban J connectivity index is 2.96. The lowest BCUT2D eigenvalue weighted by atomic mass is 9.93. The van der Waals surface area contributed by atoms with Crippen molar-refractivity contribution in [1.29, 1.82) is 0 Å². The lowest BCUT2D eigenvalue weighted by molar-refractivity contribution is 0.184. The molecule has 0 aliphatic carbocycles. The molecule has 0 amide bonds. The Hall–Kier alpha value is -0.570. The highest BCUT2D eigenvalue weighted by molar-refractivity contribution is 6.30. The fourth-order valence-electron chi connectivity index (χ4n) is 1.55. The van der Waals surface area contributed by atoms with E-state index >= 15 is 0 Å². The van der Waals surface area contributed by atoms with Crippen LogP contribution in [0.2, 0.25) is 5.02 Å². The van der Waals surface area contributed by atoms with Crippen molar-refractivity contribution in [3.05, 3.63) is 34.3 Å². The minimum atomic E-state index is -0.229. The van der Waals surface area contributed by atoms with Crippen LogP contribution in [-0.2, 0) is 17.8 Å². The second-order valence-electron chi connectivity index (χ2n) is 4.51. The van der Waals surface area contributed by atoms with Crippen LogP contribution in [0.1, 0.15) is 25.0 Å². The van der Waals surface area contributed by atoms with Gasteiger partial charge in [0, 0.05) is 17.7 Å². The molecule has 1 aromatic rings. The van der Waals surface area contributed by atoms with Gasteiger partial charge in [0.25, 0.3) is 0 Å². The molecule has 0 aromatic heterocycles. The van der Waals surface area contributed by atoms with E-state index in [0.29, 0.717) is 6.61 Å². The summed E-state index contributed by atoms with van der Waals surface area (Å²) >= 11 is 5.96. The molecule has 84 valence electrons. The first-order valence-electron chi connectivity index (χ1n) is 4.97. The number of ether oxygens (including phenoxy) is 1. The van der Waals surface area contributed by atoms with Crippen molar-refractivity contribution < 1.29 is 4.74 Å². The van der Waals surface area contributed by atoms with E-state index in [4.69, 9.17) is 22.1 Å². The maximum Gasteiger partial charge on any atom is 0.0715 e. The Kier molecular flexibility index (Phi) is 4.14. The van der Waals surface area contributed by atoms with Crippen molar-refractivity contribution in [2.45, 2.75) is 32.4 Å². The molecule has 3 heteroatoms. The van der Waals surface area contributed by atoms with Crippen molar-refractivity contribution in [2.75, 3.05) is 7.11 Å². The van der Waals surface area contributed by atoms with Crippen LogP contribution < -0.4 is 5.73 Å². The van der Waals surface area contributed by atoms with Crippen LogP contribution >= 0.6 is 11.6 Å². The molecule has 0 saturated heterocycles. The minimum Gasteiger partial charge on any atom is -0.380 e. The predicted molar refractivity (Wildman–Crippen MR) is 64.1 cm³/mol. The summed E-state index contributed by atoms with van der Waals surface area (Å²) in [5, 5.41) is 0.745. The maximum atomic E-state index is 6.00. The Morgan fingerprint density at radius 2 is 2.00 bits per heavy atom. The van der Waals surface area contributed by atoms with Gasteiger partial charge in [-0.2, -0.15) is 0 Å². The molecule has 0 unspecified atom stereocenters. The van der Waals surface area contributed by atoms with Gasteiger partial charge in [-0.05, 0) is 43.5 Å². The predicted octanol–water partition coefficient (Wildman–Crippen LogP) is 2.77. The van der Waals surface area contributed by atoms with Crippen LogP contribution in [0.5, 0.6) is 0 Å². The molecule has 2 N–H and O–H groups in total. The lowest BCUT2D eigenvalue weighted by Crippen LogP contribution is -2.34. The molecule has 2 nitrogen and oxygen atoms in total. The van der Waals surface area contributed by atoms with Crippen LogP contribution in [0.3, 0.4) is 0 Å². The van der Waals surface area contributed by atoms with E-state index in [0.717, 1.165) is 22.6 Å². The van der Waals surface area contributed by atoms with E-state index in [9.17, 15) is 0 Å². The average Bonchev–Trinajstić information content (AvgIpc) is 2.07. The number of hydrogen-bond acceptors (Lipinski definition) is 2. The molecule has 0 aliphatic heterocycles. The lowest BCUT2D eigenvalue weighted by Gasteiger charge is -2.20. The number of halogens is 1. The van der Waals surface area contributed by atoms with Gasteiger partial charge >= 0.3 is 0 Å². The first-order valence-corrected chi connectivity index (χ1v) is 5.35. The molecule has 1 aromatic carbocycles. The van der Waals surface area contributed by atoms with Gasteiger partial charge < -0.3 is 10.5 Å². The summed E-state index contributed by atoms with van der Waals surface area (Å²) in [6, 6.07) is 5.83. The fourth-order valence-corrected chi connectivity index (χ4v) is 1.74. The Bertz CT molecular complexity index is 331. The summed E-state index contributed by atoms with van der Waals surface area (Å²) in [7, 11) is 1.69. The van der Waals surface area contributed by atoms with Crippen LogP contribution in [0.15, 0.2) is 18.2 Å². The van der Waals surface area contributed by atoms with Gasteiger partial charge in [-0.15, -0.1) is 0 Å². The zero-order chi connectivity index (χ0) is 11.5. The number of nitrogens with two attached hydrogens (primary N) is 1. The number of rotatable bonds is 4. The van der Waals surface area contributed by atoms with Gasteiger partial charge in [-0.1, -0.05) is 17.7 Å². The Morgan fingerprint density at radius 1 is 1.33 bits per heavy atom. The first kappa shape index (κ1) is 12.5. The Morgan fingerprint density at radius 3 is 2.53 bits per heavy atom. The monoisotopic (exact) mass is 227 g/mol. The van der Waals surface area contributed by atoms with E-state index in [1.54, 1.807) is 7.11 Å². The van der Waals surface area contributed by atoms with Crippen LogP contribution in [0.25, 0.3) is 0 Å². The average molecular weight is 228 g/mol. The Labute approximate surface area is 96.4 Å². The molecular formula is C12H18ClNO. The first-order chi connectivity index (χ1) is 6.92. The second-order valence-corrected chi connectivity index (χ2v) is 4.95. The molecule has 0 heterocycles. The summed E-state index contributed by atoms with van der Waals surface area (Å²) in [5.74, 6) is 0. The molecule has 0 spiro atoms. The third-order valence-electron chi connectivity index (χ3n) is 2.11. The van der Waals surface area contributed by atoms with Crippen molar-refractivity contribution in [1.82, 2.24) is 0 Å². The number of hydrogen-bond donors (Lipinski definition) is 1. The van der Waals surface area contributed by atoms with Gasteiger partial charge in [-0.25, -0.2) is 0 Å². The summed E-state index contributed by atoms with van der Waals surface area (Å²) in [4.78, 5) is 0. The molecule has 0 saturated carbocycles. The molecular weight excluding hydrogens is 210 g/mol. The zero-order valence-corrected chi connectivity index (χ0v) is 10.3. The highest BCUT2D eigenvalue weighted by Crippen LogP contribution is 2.20. The van der Waals surface area contributed by atoms with Crippen LogP contribution in [0, 0.1) is 0 Å². The highest BCUT2D eigenvalue weighted by atomic mass is 35.5. The van der Waals surface area contributed by atoms with Crippen molar-refractivity contribution in [3.8, 4) is 0 Å². The van der Waals surface area contributed by atoms with Gasteiger partial charge in [0.1, 0.15) is 0 Å². The third kappa shape index (κ3) is 4.20. The fraction of sp³-hybridized carbons (Fsp3) is 0.500. The number of benzene rings is 1. The topological polar surface area (TPSA) is 35.2 Å². The zero-order valence-electron chi connectivity index (χ0n) is 9.51. The van der Waals surface area contributed by atoms with Crippen molar-refractivity contribution in [3.63, 3.8) is 0 Å². The standard InChI is InChI=1S/C12H18ClNO/c1-12(2,14)7-10-6-11(13)5-4-9(10)8-15-3/h4-6H,7-8,14H2,1-3H3. The maximum absolute atomic E-state index is 6.00. The van der Waals surface area contributed by atoms with E-state index in [-0.39, 0.29) is 5.54 Å².